The smallest absolute Gasteiger partial charge is 0.251 e. The highest BCUT2D eigenvalue weighted by molar-refractivity contribution is 7.88. The van der Waals surface area contributed by atoms with Crippen molar-refractivity contribution in [2.24, 2.45) is 0 Å². The van der Waals surface area contributed by atoms with Crippen molar-refractivity contribution < 1.29 is 17.2 Å². The molecule has 0 bridgehead atoms. The van der Waals surface area contributed by atoms with Crippen molar-refractivity contribution in [2.45, 2.75) is 31.9 Å². The summed E-state index contributed by atoms with van der Waals surface area (Å²) in [4.78, 5) is 5.86. The number of hydrogen-bond acceptors (Lipinski definition) is 5. The van der Waals surface area contributed by atoms with Crippen molar-refractivity contribution >= 4 is 21.4 Å². The van der Waals surface area contributed by atoms with Crippen molar-refractivity contribution in [3.8, 4) is 0 Å². The predicted octanol–water partition coefficient (Wildman–Crippen LogP) is 1.63. The molecule has 0 aliphatic carbocycles. The van der Waals surface area contributed by atoms with Gasteiger partial charge >= 0.3 is 0 Å². The Morgan fingerprint density at radius 1 is 1.48 bits per heavy atom. The van der Waals surface area contributed by atoms with Crippen LogP contribution in [0.5, 0.6) is 0 Å². The minimum absolute atomic E-state index is 0.0269. The quantitative estimate of drug-likeness (QED) is 0.791. The van der Waals surface area contributed by atoms with Crippen LogP contribution in [0.4, 0.5) is 8.78 Å². The summed E-state index contributed by atoms with van der Waals surface area (Å²) in [6.45, 7) is 0.872. The molecule has 1 aromatic rings. The van der Waals surface area contributed by atoms with Gasteiger partial charge in [-0.3, -0.25) is 4.90 Å². The van der Waals surface area contributed by atoms with Crippen LogP contribution in [0.1, 0.15) is 17.8 Å². The van der Waals surface area contributed by atoms with Crippen LogP contribution in [-0.4, -0.2) is 61.0 Å². The second-order valence-corrected chi connectivity index (χ2v) is 8.10. The van der Waals surface area contributed by atoms with Gasteiger partial charge in [0.2, 0.25) is 10.0 Å². The lowest BCUT2D eigenvalue weighted by Gasteiger charge is -2.37. The minimum Gasteiger partial charge on any atom is -0.288 e. The van der Waals surface area contributed by atoms with E-state index in [1.807, 2.05) is 5.38 Å². The number of sulfonamides is 1. The van der Waals surface area contributed by atoms with Crippen molar-refractivity contribution in [2.75, 3.05) is 25.9 Å². The van der Waals surface area contributed by atoms with E-state index in [-0.39, 0.29) is 12.6 Å². The molecule has 1 fully saturated rings. The third-order valence-electron chi connectivity index (χ3n) is 3.60. The van der Waals surface area contributed by atoms with Gasteiger partial charge in [0.05, 0.1) is 19.3 Å². The normalized spacial score (nSPS) is 18.7. The van der Waals surface area contributed by atoms with Crippen LogP contribution in [0, 0.1) is 0 Å². The summed E-state index contributed by atoms with van der Waals surface area (Å²) < 4.78 is 49.9. The van der Waals surface area contributed by atoms with Gasteiger partial charge in [-0.15, -0.1) is 11.3 Å². The number of nitrogens with zero attached hydrogens (tertiary/aromatic N) is 3. The Hall–Kier alpha value is -0.640. The first-order valence-corrected chi connectivity index (χ1v) is 9.44. The molecule has 0 saturated carbocycles. The van der Waals surface area contributed by atoms with E-state index in [0.29, 0.717) is 32.5 Å². The van der Waals surface area contributed by atoms with Gasteiger partial charge in [-0.05, 0) is 12.8 Å². The molecular weight excluding hydrogens is 320 g/mol. The average molecular weight is 339 g/mol. The Labute approximate surface area is 127 Å². The molecule has 5 nitrogen and oxygen atoms in total. The van der Waals surface area contributed by atoms with E-state index in [0.717, 1.165) is 5.01 Å². The highest BCUT2D eigenvalue weighted by Crippen LogP contribution is 2.22. The maximum Gasteiger partial charge on any atom is 0.251 e. The van der Waals surface area contributed by atoms with Gasteiger partial charge in [0.1, 0.15) is 5.01 Å². The number of alkyl halides is 2. The number of piperidine rings is 1. The fourth-order valence-electron chi connectivity index (χ4n) is 2.56. The van der Waals surface area contributed by atoms with E-state index >= 15 is 0 Å². The fourth-order valence-corrected chi connectivity index (χ4v) is 4.08. The van der Waals surface area contributed by atoms with Crippen LogP contribution in [0.25, 0.3) is 0 Å². The molecular formula is C12H19F2N3O2S2. The lowest BCUT2D eigenvalue weighted by atomic mass is 10.0. The molecule has 2 rings (SSSR count). The maximum atomic E-state index is 12.8. The summed E-state index contributed by atoms with van der Waals surface area (Å²) in [5, 5.41) is 2.63. The molecule has 0 unspecified atom stereocenters. The van der Waals surface area contributed by atoms with Gasteiger partial charge in [-0.25, -0.2) is 26.5 Å². The second kappa shape index (κ2) is 7.08. The van der Waals surface area contributed by atoms with Gasteiger partial charge in [0.25, 0.3) is 6.43 Å². The number of rotatable bonds is 6. The Bertz CT molecular complexity index is 529. The zero-order valence-corrected chi connectivity index (χ0v) is 13.4. The molecule has 1 aromatic heterocycles. The Kier molecular flexibility index (Phi) is 5.64. The molecule has 21 heavy (non-hydrogen) atoms. The predicted molar refractivity (Wildman–Crippen MR) is 78.0 cm³/mol. The lowest BCUT2D eigenvalue weighted by molar-refractivity contribution is 0.0456. The first-order chi connectivity index (χ1) is 9.86. The molecule has 9 heteroatoms. The van der Waals surface area contributed by atoms with Crippen molar-refractivity contribution in [1.82, 2.24) is 14.2 Å². The molecule has 120 valence electrons. The molecule has 0 atom stereocenters. The second-order valence-electron chi connectivity index (χ2n) is 5.14. The average Bonchev–Trinajstić information content (AvgIpc) is 2.89. The van der Waals surface area contributed by atoms with Crippen molar-refractivity contribution in [3.63, 3.8) is 0 Å². The summed E-state index contributed by atoms with van der Waals surface area (Å²) in [6, 6.07) is -0.0269. The molecule has 0 spiro atoms. The van der Waals surface area contributed by atoms with Crippen LogP contribution < -0.4 is 0 Å². The number of aromatic nitrogens is 1. The number of thiazole rings is 1. The minimum atomic E-state index is -3.19. The van der Waals surface area contributed by atoms with Gasteiger partial charge in [-0.2, -0.15) is 0 Å². The highest BCUT2D eigenvalue weighted by atomic mass is 32.2. The van der Waals surface area contributed by atoms with E-state index < -0.39 is 16.4 Å². The van der Waals surface area contributed by atoms with E-state index in [9.17, 15) is 17.2 Å². The Morgan fingerprint density at radius 3 is 2.62 bits per heavy atom. The summed E-state index contributed by atoms with van der Waals surface area (Å²) >= 11 is 1.44. The number of hydrogen-bond donors (Lipinski definition) is 0. The zero-order chi connectivity index (χ0) is 15.5. The summed E-state index contributed by atoms with van der Waals surface area (Å²) in [5.74, 6) is 0. The Morgan fingerprint density at radius 2 is 2.14 bits per heavy atom. The lowest BCUT2D eigenvalue weighted by Crippen LogP contribution is -2.47. The van der Waals surface area contributed by atoms with Crippen LogP contribution in [0.15, 0.2) is 11.6 Å². The molecule has 0 N–H and O–H groups in total. The SMILES string of the molecule is CS(=O)(=O)N1CCC(N(Cc2nccs2)CC(F)F)CC1. The van der Waals surface area contributed by atoms with Crippen LogP contribution in [0.3, 0.4) is 0 Å². The van der Waals surface area contributed by atoms with Crippen molar-refractivity contribution in [3.05, 3.63) is 16.6 Å². The molecule has 0 radical (unpaired) electrons. The van der Waals surface area contributed by atoms with Crippen LogP contribution in [-0.2, 0) is 16.6 Å². The molecule has 1 aliphatic heterocycles. The topological polar surface area (TPSA) is 53.5 Å². The monoisotopic (exact) mass is 339 g/mol. The first-order valence-electron chi connectivity index (χ1n) is 6.72. The first kappa shape index (κ1) is 16.7. The fraction of sp³-hybridized carbons (Fsp3) is 0.750. The summed E-state index contributed by atoms with van der Waals surface area (Å²) in [5.41, 5.74) is 0. The third-order valence-corrected chi connectivity index (χ3v) is 5.67. The van der Waals surface area contributed by atoms with E-state index in [1.54, 1.807) is 11.1 Å². The van der Waals surface area contributed by atoms with Gasteiger partial charge in [0, 0.05) is 30.7 Å². The summed E-state index contributed by atoms with van der Waals surface area (Å²) in [7, 11) is -3.19. The van der Waals surface area contributed by atoms with Gasteiger partial charge < -0.3 is 0 Å². The molecule has 0 amide bonds. The van der Waals surface area contributed by atoms with E-state index in [4.69, 9.17) is 0 Å². The molecule has 1 saturated heterocycles. The van der Waals surface area contributed by atoms with Crippen LogP contribution in [0.2, 0.25) is 0 Å². The standard InChI is InChI=1S/C12H19F2N3O2S2/c1-21(18,19)17-5-2-10(3-6-17)16(8-11(13)14)9-12-15-4-7-20-12/h4,7,10-11H,2-3,5-6,8-9H2,1H3. The van der Waals surface area contributed by atoms with E-state index in [2.05, 4.69) is 4.98 Å². The molecule has 0 aromatic carbocycles. The summed E-state index contributed by atoms with van der Waals surface area (Å²) in [6.07, 6.45) is 1.58. The zero-order valence-electron chi connectivity index (χ0n) is 11.8. The largest absolute Gasteiger partial charge is 0.288 e. The number of halogens is 2. The van der Waals surface area contributed by atoms with Crippen molar-refractivity contribution in [1.29, 1.82) is 0 Å². The van der Waals surface area contributed by atoms with Crippen LogP contribution >= 0.6 is 11.3 Å². The Balaban J connectivity index is 1.98. The third kappa shape index (κ3) is 4.94. The molecule has 2 heterocycles. The highest BCUT2D eigenvalue weighted by Gasteiger charge is 2.30. The molecule has 1 aliphatic rings. The van der Waals surface area contributed by atoms with Gasteiger partial charge in [-0.1, -0.05) is 0 Å². The van der Waals surface area contributed by atoms with E-state index in [1.165, 1.54) is 21.9 Å². The maximum absolute atomic E-state index is 12.8. The van der Waals surface area contributed by atoms with Gasteiger partial charge in [0.15, 0.2) is 0 Å².